The first-order valence-electron chi connectivity index (χ1n) is 5.43. The molecule has 1 saturated heterocycles. The van der Waals surface area contributed by atoms with Gasteiger partial charge >= 0.3 is 0 Å². The molecule has 88 valence electrons. The van der Waals surface area contributed by atoms with Crippen molar-refractivity contribution >= 4 is 17.3 Å². The van der Waals surface area contributed by atoms with E-state index in [2.05, 4.69) is 5.32 Å². The van der Waals surface area contributed by atoms with Gasteiger partial charge in [0.05, 0.1) is 13.2 Å². The molecule has 0 spiro atoms. The lowest BCUT2D eigenvalue weighted by atomic mass is 9.86. The fourth-order valence-electron chi connectivity index (χ4n) is 1.79. The van der Waals surface area contributed by atoms with Crippen LogP contribution in [0.3, 0.4) is 0 Å². The molecular formula is C12H17ClN2O. The molecule has 1 fully saturated rings. The summed E-state index contributed by atoms with van der Waals surface area (Å²) in [5.74, 6) is 0. The second-order valence-electron chi connectivity index (χ2n) is 4.51. The third kappa shape index (κ3) is 2.32. The zero-order valence-corrected chi connectivity index (χ0v) is 10.2. The average molecular weight is 241 g/mol. The zero-order valence-electron chi connectivity index (χ0n) is 9.42. The third-order valence-electron chi connectivity index (χ3n) is 3.09. The lowest BCUT2D eigenvalue weighted by molar-refractivity contribution is -0.0979. The van der Waals surface area contributed by atoms with E-state index in [0.717, 1.165) is 36.0 Å². The van der Waals surface area contributed by atoms with Crippen LogP contribution in [0.25, 0.3) is 0 Å². The summed E-state index contributed by atoms with van der Waals surface area (Å²) >= 11 is 5.90. The Morgan fingerprint density at radius 2 is 2.25 bits per heavy atom. The Balaban J connectivity index is 1.99. The van der Waals surface area contributed by atoms with Crippen molar-refractivity contribution in [3.05, 3.63) is 28.8 Å². The highest BCUT2D eigenvalue weighted by Gasteiger charge is 2.36. The standard InChI is InChI=1S/C12H17ClN2O/c1-9-4-10(13)2-3-11(9)15-6-12(5-14)7-16-8-12/h2-4,15H,5-8,14H2,1H3. The van der Waals surface area contributed by atoms with Gasteiger partial charge in [0.2, 0.25) is 0 Å². The number of hydrogen-bond donors (Lipinski definition) is 2. The minimum atomic E-state index is 0.117. The fraction of sp³-hybridized carbons (Fsp3) is 0.500. The lowest BCUT2D eigenvalue weighted by Crippen LogP contribution is -2.52. The number of nitrogens with two attached hydrogens (primary N) is 1. The van der Waals surface area contributed by atoms with Gasteiger partial charge in [-0.15, -0.1) is 0 Å². The summed E-state index contributed by atoms with van der Waals surface area (Å²) in [4.78, 5) is 0. The maximum atomic E-state index is 5.90. The first-order chi connectivity index (χ1) is 7.65. The van der Waals surface area contributed by atoms with Crippen molar-refractivity contribution in [2.45, 2.75) is 6.92 Å². The molecule has 3 N–H and O–H groups in total. The Kier molecular flexibility index (Phi) is 3.38. The van der Waals surface area contributed by atoms with Crippen LogP contribution in [-0.2, 0) is 4.74 Å². The van der Waals surface area contributed by atoms with Gasteiger partial charge in [-0.2, -0.15) is 0 Å². The Labute approximate surface area is 101 Å². The van der Waals surface area contributed by atoms with Crippen molar-refractivity contribution in [3.8, 4) is 0 Å². The van der Waals surface area contributed by atoms with E-state index in [9.17, 15) is 0 Å². The van der Waals surface area contributed by atoms with Crippen LogP contribution in [0.2, 0.25) is 5.02 Å². The Morgan fingerprint density at radius 3 is 2.75 bits per heavy atom. The smallest absolute Gasteiger partial charge is 0.0574 e. The van der Waals surface area contributed by atoms with E-state index in [4.69, 9.17) is 22.1 Å². The van der Waals surface area contributed by atoms with Crippen molar-refractivity contribution < 1.29 is 4.74 Å². The van der Waals surface area contributed by atoms with Gasteiger partial charge in [0.25, 0.3) is 0 Å². The molecule has 1 heterocycles. The number of halogens is 1. The molecule has 0 aliphatic carbocycles. The van der Waals surface area contributed by atoms with Crippen LogP contribution >= 0.6 is 11.6 Å². The van der Waals surface area contributed by atoms with Crippen molar-refractivity contribution in [3.63, 3.8) is 0 Å². The molecule has 0 aromatic heterocycles. The van der Waals surface area contributed by atoms with Crippen molar-refractivity contribution in [2.24, 2.45) is 11.1 Å². The fourth-order valence-corrected chi connectivity index (χ4v) is 2.02. The van der Waals surface area contributed by atoms with E-state index < -0.39 is 0 Å². The van der Waals surface area contributed by atoms with Crippen LogP contribution in [0.4, 0.5) is 5.69 Å². The van der Waals surface area contributed by atoms with Crippen LogP contribution < -0.4 is 11.1 Å². The first kappa shape index (κ1) is 11.7. The Bertz CT molecular complexity index is 372. The lowest BCUT2D eigenvalue weighted by Gasteiger charge is -2.40. The Hall–Kier alpha value is -0.770. The minimum Gasteiger partial charge on any atom is -0.384 e. The van der Waals surface area contributed by atoms with E-state index >= 15 is 0 Å². The second kappa shape index (κ2) is 4.62. The van der Waals surface area contributed by atoms with Gasteiger partial charge in [-0.1, -0.05) is 11.6 Å². The minimum absolute atomic E-state index is 0.117. The SMILES string of the molecule is Cc1cc(Cl)ccc1NCC1(CN)COC1. The van der Waals surface area contributed by atoms with Gasteiger partial charge in [-0.25, -0.2) is 0 Å². The van der Waals surface area contributed by atoms with Gasteiger partial charge in [-0.05, 0) is 30.7 Å². The van der Waals surface area contributed by atoms with Gasteiger partial charge in [-0.3, -0.25) is 0 Å². The molecule has 0 atom stereocenters. The molecule has 0 saturated carbocycles. The number of ether oxygens (including phenoxy) is 1. The predicted molar refractivity (Wildman–Crippen MR) is 67.0 cm³/mol. The van der Waals surface area contributed by atoms with Gasteiger partial charge in [0.15, 0.2) is 0 Å². The Morgan fingerprint density at radius 1 is 1.50 bits per heavy atom. The van der Waals surface area contributed by atoms with Crippen molar-refractivity contribution in [1.29, 1.82) is 0 Å². The van der Waals surface area contributed by atoms with Gasteiger partial charge in [0.1, 0.15) is 0 Å². The zero-order chi connectivity index (χ0) is 11.6. The molecule has 1 aliphatic rings. The molecule has 3 nitrogen and oxygen atoms in total. The van der Waals surface area contributed by atoms with Crippen LogP contribution in [0.1, 0.15) is 5.56 Å². The predicted octanol–water partition coefficient (Wildman–Crippen LogP) is 2.04. The number of benzene rings is 1. The molecule has 1 aliphatic heterocycles. The van der Waals surface area contributed by atoms with Crippen LogP contribution in [-0.4, -0.2) is 26.3 Å². The molecule has 0 amide bonds. The van der Waals surface area contributed by atoms with Crippen molar-refractivity contribution in [2.75, 3.05) is 31.6 Å². The summed E-state index contributed by atoms with van der Waals surface area (Å²) in [6.07, 6.45) is 0. The number of anilines is 1. The monoisotopic (exact) mass is 240 g/mol. The summed E-state index contributed by atoms with van der Waals surface area (Å²) in [6, 6.07) is 5.85. The first-order valence-corrected chi connectivity index (χ1v) is 5.81. The molecular weight excluding hydrogens is 224 g/mol. The van der Waals surface area contributed by atoms with Gasteiger partial charge in [0, 0.05) is 29.2 Å². The highest BCUT2D eigenvalue weighted by atomic mass is 35.5. The molecule has 0 unspecified atom stereocenters. The number of hydrogen-bond acceptors (Lipinski definition) is 3. The van der Waals surface area contributed by atoms with Crippen molar-refractivity contribution in [1.82, 2.24) is 0 Å². The maximum absolute atomic E-state index is 5.90. The quantitative estimate of drug-likeness (QED) is 0.847. The molecule has 0 bridgehead atoms. The molecule has 1 aromatic rings. The number of rotatable bonds is 4. The molecule has 2 rings (SSSR count). The van der Waals surface area contributed by atoms with E-state index in [1.165, 1.54) is 0 Å². The average Bonchev–Trinajstić information content (AvgIpc) is 2.19. The van der Waals surface area contributed by atoms with E-state index in [0.29, 0.717) is 6.54 Å². The summed E-state index contributed by atoms with van der Waals surface area (Å²) in [7, 11) is 0. The summed E-state index contributed by atoms with van der Waals surface area (Å²) < 4.78 is 5.23. The summed E-state index contributed by atoms with van der Waals surface area (Å²) in [5.41, 5.74) is 8.14. The number of aryl methyl sites for hydroxylation is 1. The van der Waals surface area contributed by atoms with Gasteiger partial charge < -0.3 is 15.8 Å². The highest BCUT2D eigenvalue weighted by molar-refractivity contribution is 6.30. The van der Waals surface area contributed by atoms with E-state index in [1.807, 2.05) is 25.1 Å². The topological polar surface area (TPSA) is 47.3 Å². The number of nitrogens with one attached hydrogen (secondary N) is 1. The normalized spacial score (nSPS) is 17.9. The van der Waals surface area contributed by atoms with Crippen LogP contribution in [0.15, 0.2) is 18.2 Å². The second-order valence-corrected chi connectivity index (χ2v) is 4.95. The van der Waals surface area contributed by atoms with E-state index in [1.54, 1.807) is 0 Å². The largest absolute Gasteiger partial charge is 0.384 e. The summed E-state index contributed by atoms with van der Waals surface area (Å²) in [6.45, 7) is 5.06. The molecule has 1 aromatic carbocycles. The molecule has 4 heteroatoms. The highest BCUT2D eigenvalue weighted by Crippen LogP contribution is 2.27. The van der Waals surface area contributed by atoms with E-state index in [-0.39, 0.29) is 5.41 Å². The maximum Gasteiger partial charge on any atom is 0.0574 e. The van der Waals surface area contributed by atoms with Crippen LogP contribution in [0, 0.1) is 12.3 Å². The van der Waals surface area contributed by atoms with Crippen LogP contribution in [0.5, 0.6) is 0 Å². The summed E-state index contributed by atoms with van der Waals surface area (Å²) in [5, 5.41) is 4.18. The molecule has 16 heavy (non-hydrogen) atoms. The molecule has 0 radical (unpaired) electrons. The third-order valence-corrected chi connectivity index (χ3v) is 3.33.